The van der Waals surface area contributed by atoms with Crippen LogP contribution in [0.5, 0.6) is 0 Å². The predicted molar refractivity (Wildman–Crippen MR) is 37.0 cm³/mol. The Morgan fingerprint density at radius 1 is 1.56 bits per heavy atom. The molecule has 0 N–H and O–H groups in total. The standard InChI is InChI=1S/C7H8ClO/c1-7(8)5-3-2-4-6(7)9/h2-6H,1H3. The van der Waals surface area contributed by atoms with Gasteiger partial charge in [-0.05, 0) is 6.92 Å². The molecule has 1 radical (unpaired) electrons. The molecule has 1 aliphatic carbocycles. The molecule has 0 heterocycles. The van der Waals surface area contributed by atoms with E-state index >= 15 is 0 Å². The molecule has 0 saturated heterocycles. The maximum Gasteiger partial charge on any atom is 0.134 e. The van der Waals surface area contributed by atoms with Crippen LogP contribution in [0, 0.1) is 0 Å². The monoisotopic (exact) mass is 143 g/mol. The highest BCUT2D eigenvalue weighted by Crippen LogP contribution is 2.24. The van der Waals surface area contributed by atoms with Crippen molar-refractivity contribution in [3.63, 3.8) is 0 Å². The van der Waals surface area contributed by atoms with Crippen LogP contribution in [-0.2, 0) is 5.11 Å². The number of alkyl halides is 1. The van der Waals surface area contributed by atoms with Crippen molar-refractivity contribution in [1.29, 1.82) is 0 Å². The second kappa shape index (κ2) is 2.16. The number of hydrogen-bond donors (Lipinski definition) is 0. The third-order valence-electron chi connectivity index (χ3n) is 1.38. The van der Waals surface area contributed by atoms with Crippen molar-refractivity contribution in [2.45, 2.75) is 17.9 Å². The van der Waals surface area contributed by atoms with E-state index in [1.165, 1.54) is 0 Å². The van der Waals surface area contributed by atoms with Crippen LogP contribution in [0.4, 0.5) is 0 Å². The van der Waals surface area contributed by atoms with Crippen molar-refractivity contribution in [1.82, 2.24) is 0 Å². The fraction of sp³-hybridized carbons (Fsp3) is 0.429. The largest absolute Gasteiger partial charge is 0.226 e. The highest BCUT2D eigenvalue weighted by molar-refractivity contribution is 6.25. The Morgan fingerprint density at radius 3 is 2.56 bits per heavy atom. The molecule has 2 heteroatoms. The number of hydrogen-bond acceptors (Lipinski definition) is 0. The number of allylic oxidation sites excluding steroid dienone is 2. The van der Waals surface area contributed by atoms with E-state index in [0.29, 0.717) is 0 Å². The van der Waals surface area contributed by atoms with Crippen LogP contribution >= 0.6 is 11.6 Å². The third-order valence-corrected chi connectivity index (χ3v) is 1.72. The second-order valence-corrected chi connectivity index (χ2v) is 3.13. The van der Waals surface area contributed by atoms with Gasteiger partial charge >= 0.3 is 0 Å². The average Bonchev–Trinajstić information content (AvgIpc) is 1.77. The topological polar surface area (TPSA) is 19.9 Å². The zero-order chi connectivity index (χ0) is 6.91. The molecule has 0 amide bonds. The molecule has 0 bridgehead atoms. The number of rotatable bonds is 0. The molecule has 1 aliphatic rings. The van der Waals surface area contributed by atoms with Crippen LogP contribution in [0.1, 0.15) is 6.92 Å². The second-order valence-electron chi connectivity index (χ2n) is 2.32. The van der Waals surface area contributed by atoms with Crippen molar-refractivity contribution in [3.05, 3.63) is 24.3 Å². The fourth-order valence-corrected chi connectivity index (χ4v) is 0.837. The quantitative estimate of drug-likeness (QED) is 0.462. The van der Waals surface area contributed by atoms with Crippen LogP contribution in [0.3, 0.4) is 0 Å². The number of halogens is 1. The Bertz CT molecular complexity index is 158. The van der Waals surface area contributed by atoms with E-state index in [1.807, 2.05) is 0 Å². The average molecular weight is 144 g/mol. The molecule has 1 rings (SSSR count). The summed E-state index contributed by atoms with van der Waals surface area (Å²) in [4.78, 5) is -0.714. The molecular formula is C7H8ClO. The summed E-state index contributed by atoms with van der Waals surface area (Å²) >= 11 is 5.77. The third kappa shape index (κ3) is 1.35. The Labute approximate surface area is 59.6 Å². The molecule has 49 valence electrons. The maximum atomic E-state index is 10.9. The first-order valence-corrected chi connectivity index (χ1v) is 3.21. The molecule has 0 aromatic rings. The molecule has 0 aromatic heterocycles. The summed E-state index contributed by atoms with van der Waals surface area (Å²) in [7, 11) is 0. The fourth-order valence-electron chi connectivity index (χ4n) is 0.692. The molecule has 0 saturated carbocycles. The maximum absolute atomic E-state index is 10.9. The predicted octanol–water partition coefficient (Wildman–Crippen LogP) is 1.91. The minimum absolute atomic E-state index is 0.714. The van der Waals surface area contributed by atoms with Crippen molar-refractivity contribution >= 4 is 11.6 Å². The minimum atomic E-state index is -0.802. The molecule has 1 nitrogen and oxygen atoms in total. The SMILES string of the molecule is CC1(Cl)C=CC=CC1[O]. The van der Waals surface area contributed by atoms with E-state index in [1.54, 1.807) is 31.2 Å². The molecule has 0 spiro atoms. The Balaban J connectivity index is 2.78. The van der Waals surface area contributed by atoms with Crippen molar-refractivity contribution < 1.29 is 5.11 Å². The van der Waals surface area contributed by atoms with Gasteiger partial charge in [0, 0.05) is 0 Å². The minimum Gasteiger partial charge on any atom is -0.226 e. The highest BCUT2D eigenvalue weighted by atomic mass is 35.5. The van der Waals surface area contributed by atoms with Gasteiger partial charge < -0.3 is 0 Å². The zero-order valence-electron chi connectivity index (χ0n) is 5.17. The van der Waals surface area contributed by atoms with Crippen molar-refractivity contribution in [2.24, 2.45) is 0 Å². The van der Waals surface area contributed by atoms with Gasteiger partial charge in [-0.2, -0.15) is 0 Å². The van der Waals surface area contributed by atoms with E-state index in [0.717, 1.165) is 0 Å². The highest BCUT2D eigenvalue weighted by Gasteiger charge is 2.28. The first kappa shape index (κ1) is 6.84. The van der Waals surface area contributed by atoms with Crippen LogP contribution in [0.25, 0.3) is 0 Å². The van der Waals surface area contributed by atoms with Gasteiger partial charge in [0.2, 0.25) is 0 Å². The van der Waals surface area contributed by atoms with Gasteiger partial charge in [0.1, 0.15) is 6.10 Å². The van der Waals surface area contributed by atoms with E-state index < -0.39 is 11.0 Å². The lowest BCUT2D eigenvalue weighted by molar-refractivity contribution is 0.109. The van der Waals surface area contributed by atoms with Crippen LogP contribution in [0.2, 0.25) is 0 Å². The molecule has 0 aromatic carbocycles. The summed E-state index contributed by atoms with van der Waals surface area (Å²) in [6.45, 7) is 1.71. The molecule has 0 aliphatic heterocycles. The normalized spacial score (nSPS) is 41.4. The van der Waals surface area contributed by atoms with Gasteiger partial charge in [-0.1, -0.05) is 24.3 Å². The van der Waals surface area contributed by atoms with Crippen LogP contribution in [-0.4, -0.2) is 11.0 Å². The Kier molecular flexibility index (Phi) is 1.64. The van der Waals surface area contributed by atoms with Crippen LogP contribution in [0.15, 0.2) is 24.3 Å². The smallest absolute Gasteiger partial charge is 0.134 e. The summed E-state index contributed by atoms with van der Waals surface area (Å²) in [5, 5.41) is 10.9. The lowest BCUT2D eigenvalue weighted by Crippen LogP contribution is -2.29. The first-order valence-electron chi connectivity index (χ1n) is 2.84. The van der Waals surface area contributed by atoms with E-state index in [4.69, 9.17) is 11.6 Å². The molecule has 2 atom stereocenters. The van der Waals surface area contributed by atoms with E-state index in [2.05, 4.69) is 0 Å². The van der Waals surface area contributed by atoms with Gasteiger partial charge in [-0.25, -0.2) is 5.11 Å². The Morgan fingerprint density at radius 2 is 2.22 bits per heavy atom. The lowest BCUT2D eigenvalue weighted by atomic mass is 9.99. The van der Waals surface area contributed by atoms with Gasteiger partial charge in [0.25, 0.3) is 0 Å². The molecular weight excluding hydrogens is 136 g/mol. The van der Waals surface area contributed by atoms with E-state index in [9.17, 15) is 5.11 Å². The lowest BCUT2D eigenvalue weighted by Gasteiger charge is -2.21. The van der Waals surface area contributed by atoms with Crippen molar-refractivity contribution in [3.8, 4) is 0 Å². The summed E-state index contributed by atoms with van der Waals surface area (Å²) in [6, 6.07) is 0. The van der Waals surface area contributed by atoms with Crippen LogP contribution < -0.4 is 0 Å². The molecule has 0 fully saturated rings. The molecule has 9 heavy (non-hydrogen) atoms. The van der Waals surface area contributed by atoms with Gasteiger partial charge in [0.15, 0.2) is 0 Å². The Hall–Kier alpha value is -0.270. The zero-order valence-corrected chi connectivity index (χ0v) is 5.93. The van der Waals surface area contributed by atoms with Gasteiger partial charge in [0.05, 0.1) is 4.87 Å². The van der Waals surface area contributed by atoms with Gasteiger partial charge in [-0.15, -0.1) is 11.6 Å². The van der Waals surface area contributed by atoms with E-state index in [-0.39, 0.29) is 0 Å². The summed E-state index contributed by atoms with van der Waals surface area (Å²) in [6.07, 6.45) is 5.99. The summed E-state index contributed by atoms with van der Waals surface area (Å²) in [5.74, 6) is 0. The summed E-state index contributed by atoms with van der Waals surface area (Å²) in [5.41, 5.74) is 0. The first-order chi connectivity index (χ1) is 4.13. The molecule has 2 unspecified atom stereocenters. The van der Waals surface area contributed by atoms with Crippen molar-refractivity contribution in [2.75, 3.05) is 0 Å². The summed E-state index contributed by atoms with van der Waals surface area (Å²) < 4.78 is 0. The van der Waals surface area contributed by atoms with Gasteiger partial charge in [-0.3, -0.25) is 0 Å².